The van der Waals surface area contributed by atoms with Crippen molar-refractivity contribution in [2.24, 2.45) is 0 Å². The summed E-state index contributed by atoms with van der Waals surface area (Å²) >= 11 is 6.64. The molecule has 142 valence electrons. The number of halogens is 2. The SMILES string of the molecule is Cc1ccc2[nH]ncc2c1-c1c(Cl)cc2c(N3CCNCC3)ncnc2c1F. The number of nitrogens with one attached hydrogen (secondary N) is 2. The van der Waals surface area contributed by atoms with Crippen molar-refractivity contribution < 1.29 is 4.39 Å². The molecule has 1 saturated heterocycles. The Morgan fingerprint density at radius 2 is 1.93 bits per heavy atom. The van der Waals surface area contributed by atoms with Crippen molar-refractivity contribution in [1.82, 2.24) is 25.5 Å². The molecule has 0 amide bonds. The highest BCUT2D eigenvalue weighted by atomic mass is 35.5. The van der Waals surface area contributed by atoms with Gasteiger partial charge in [0, 0.05) is 48.1 Å². The van der Waals surface area contributed by atoms with Crippen LogP contribution < -0.4 is 10.2 Å². The number of piperazine rings is 1. The highest BCUT2D eigenvalue weighted by Gasteiger charge is 2.23. The predicted molar refractivity (Wildman–Crippen MR) is 109 cm³/mol. The van der Waals surface area contributed by atoms with Gasteiger partial charge in [0.25, 0.3) is 0 Å². The first-order valence-corrected chi connectivity index (χ1v) is 9.54. The zero-order chi connectivity index (χ0) is 19.3. The molecule has 1 fully saturated rings. The van der Waals surface area contributed by atoms with Crippen molar-refractivity contribution in [3.05, 3.63) is 47.1 Å². The van der Waals surface area contributed by atoms with E-state index >= 15 is 4.39 Å². The Hall–Kier alpha value is -2.77. The van der Waals surface area contributed by atoms with Crippen LogP contribution >= 0.6 is 11.6 Å². The van der Waals surface area contributed by atoms with E-state index in [-0.39, 0.29) is 5.52 Å². The lowest BCUT2D eigenvalue weighted by Crippen LogP contribution is -2.44. The van der Waals surface area contributed by atoms with E-state index in [0.717, 1.165) is 54.0 Å². The number of fused-ring (bicyclic) bond motifs is 2. The van der Waals surface area contributed by atoms with Crippen LogP contribution in [0.1, 0.15) is 5.56 Å². The molecule has 0 saturated carbocycles. The number of benzene rings is 2. The molecule has 0 bridgehead atoms. The first-order valence-electron chi connectivity index (χ1n) is 9.16. The molecule has 6 nitrogen and oxygen atoms in total. The van der Waals surface area contributed by atoms with Crippen LogP contribution in [0.2, 0.25) is 5.02 Å². The molecule has 0 spiro atoms. The highest BCUT2D eigenvalue weighted by molar-refractivity contribution is 6.35. The third-order valence-corrected chi connectivity index (χ3v) is 5.60. The molecular formula is C20H18ClFN6. The minimum atomic E-state index is -0.432. The summed E-state index contributed by atoms with van der Waals surface area (Å²) in [7, 11) is 0. The van der Waals surface area contributed by atoms with Gasteiger partial charge in [-0.05, 0) is 24.6 Å². The molecule has 5 rings (SSSR count). The third kappa shape index (κ3) is 2.62. The first kappa shape index (κ1) is 17.3. The number of nitrogens with zero attached hydrogens (tertiary/aromatic N) is 4. The number of H-pyrrole nitrogens is 1. The fraction of sp³-hybridized carbons (Fsp3) is 0.250. The van der Waals surface area contributed by atoms with Gasteiger partial charge in [0.15, 0.2) is 5.82 Å². The second kappa shape index (κ2) is 6.68. The molecule has 0 unspecified atom stereocenters. The van der Waals surface area contributed by atoms with E-state index in [9.17, 15) is 0 Å². The van der Waals surface area contributed by atoms with E-state index in [1.165, 1.54) is 6.33 Å². The lowest BCUT2D eigenvalue weighted by Gasteiger charge is -2.29. The number of anilines is 1. The van der Waals surface area contributed by atoms with E-state index in [0.29, 0.717) is 16.0 Å². The molecule has 0 radical (unpaired) electrons. The number of hydrogen-bond acceptors (Lipinski definition) is 5. The largest absolute Gasteiger partial charge is 0.353 e. The Bertz CT molecular complexity index is 1200. The standard InChI is InChI=1S/C20H18ClFN6/c1-11-2-3-15-13(9-26-27-15)16(11)17-14(21)8-12-19(18(17)22)24-10-25-20(12)28-6-4-23-5-7-28/h2-3,8-10,23H,4-7H2,1H3,(H,26,27). The molecular weight excluding hydrogens is 379 g/mol. The van der Waals surface area contributed by atoms with Crippen LogP contribution in [0.3, 0.4) is 0 Å². The molecule has 3 heterocycles. The average Bonchev–Trinajstić information content (AvgIpc) is 3.19. The van der Waals surface area contributed by atoms with E-state index < -0.39 is 5.82 Å². The number of hydrogen-bond donors (Lipinski definition) is 2. The predicted octanol–water partition coefficient (Wildman–Crippen LogP) is 3.68. The second-order valence-electron chi connectivity index (χ2n) is 6.97. The van der Waals surface area contributed by atoms with Crippen molar-refractivity contribution in [2.75, 3.05) is 31.1 Å². The van der Waals surface area contributed by atoms with Crippen molar-refractivity contribution in [3.63, 3.8) is 0 Å². The van der Waals surface area contributed by atoms with Gasteiger partial charge in [0.05, 0.1) is 16.7 Å². The first-order chi connectivity index (χ1) is 13.6. The number of rotatable bonds is 2. The summed E-state index contributed by atoms with van der Waals surface area (Å²) in [6.45, 7) is 5.28. The highest BCUT2D eigenvalue weighted by Crippen LogP contribution is 2.41. The van der Waals surface area contributed by atoms with Crippen LogP contribution in [0.5, 0.6) is 0 Å². The Balaban J connectivity index is 1.78. The maximum absolute atomic E-state index is 15.7. The van der Waals surface area contributed by atoms with E-state index in [1.807, 2.05) is 19.1 Å². The summed E-state index contributed by atoms with van der Waals surface area (Å²) in [6.07, 6.45) is 3.12. The molecule has 0 atom stereocenters. The molecule has 28 heavy (non-hydrogen) atoms. The number of aryl methyl sites for hydroxylation is 1. The molecule has 0 aliphatic carbocycles. The van der Waals surface area contributed by atoms with Crippen LogP contribution in [-0.4, -0.2) is 46.3 Å². The van der Waals surface area contributed by atoms with Gasteiger partial charge in [-0.2, -0.15) is 5.10 Å². The Morgan fingerprint density at radius 3 is 2.75 bits per heavy atom. The number of aromatic nitrogens is 4. The van der Waals surface area contributed by atoms with Crippen LogP contribution in [0.15, 0.2) is 30.7 Å². The molecule has 2 aromatic heterocycles. The maximum Gasteiger partial charge on any atom is 0.158 e. The van der Waals surface area contributed by atoms with Crippen molar-refractivity contribution >= 4 is 39.2 Å². The summed E-state index contributed by atoms with van der Waals surface area (Å²) < 4.78 is 15.7. The lowest BCUT2D eigenvalue weighted by atomic mass is 9.95. The summed E-state index contributed by atoms with van der Waals surface area (Å²) in [5.41, 5.74) is 3.12. The van der Waals surface area contributed by atoms with Crippen molar-refractivity contribution in [1.29, 1.82) is 0 Å². The van der Waals surface area contributed by atoms with E-state index in [2.05, 4.69) is 30.4 Å². The molecule has 2 aromatic carbocycles. The molecule has 1 aliphatic heterocycles. The lowest BCUT2D eigenvalue weighted by molar-refractivity contribution is 0.585. The number of aromatic amines is 1. The minimum Gasteiger partial charge on any atom is -0.353 e. The van der Waals surface area contributed by atoms with Gasteiger partial charge in [0.1, 0.15) is 17.7 Å². The summed E-state index contributed by atoms with van der Waals surface area (Å²) in [6, 6.07) is 5.64. The maximum atomic E-state index is 15.7. The Labute approximate surface area is 165 Å². The van der Waals surface area contributed by atoms with Gasteiger partial charge in [-0.15, -0.1) is 0 Å². The molecule has 1 aliphatic rings. The zero-order valence-corrected chi connectivity index (χ0v) is 16.0. The summed E-state index contributed by atoms with van der Waals surface area (Å²) in [5.74, 6) is 0.287. The van der Waals surface area contributed by atoms with Gasteiger partial charge < -0.3 is 10.2 Å². The summed E-state index contributed by atoms with van der Waals surface area (Å²) in [4.78, 5) is 10.8. The average molecular weight is 397 g/mol. The van der Waals surface area contributed by atoms with Gasteiger partial charge >= 0.3 is 0 Å². The van der Waals surface area contributed by atoms with Crippen molar-refractivity contribution in [3.8, 4) is 11.1 Å². The minimum absolute atomic E-state index is 0.280. The van der Waals surface area contributed by atoms with Gasteiger partial charge in [-0.1, -0.05) is 17.7 Å². The quantitative estimate of drug-likeness (QED) is 0.541. The molecule has 8 heteroatoms. The van der Waals surface area contributed by atoms with Crippen LogP contribution in [0, 0.1) is 12.7 Å². The van der Waals surface area contributed by atoms with Crippen LogP contribution in [0.25, 0.3) is 32.9 Å². The van der Waals surface area contributed by atoms with Gasteiger partial charge in [0.2, 0.25) is 0 Å². The third-order valence-electron chi connectivity index (χ3n) is 5.30. The van der Waals surface area contributed by atoms with Crippen molar-refractivity contribution in [2.45, 2.75) is 6.92 Å². The van der Waals surface area contributed by atoms with E-state index in [4.69, 9.17) is 11.6 Å². The monoisotopic (exact) mass is 396 g/mol. The van der Waals surface area contributed by atoms with Gasteiger partial charge in [-0.3, -0.25) is 5.10 Å². The fourth-order valence-corrected chi connectivity index (χ4v) is 4.22. The van der Waals surface area contributed by atoms with Crippen LogP contribution in [-0.2, 0) is 0 Å². The fourth-order valence-electron chi connectivity index (χ4n) is 3.93. The topological polar surface area (TPSA) is 69.7 Å². The smallest absolute Gasteiger partial charge is 0.158 e. The Morgan fingerprint density at radius 1 is 1.11 bits per heavy atom. The summed E-state index contributed by atoms with van der Waals surface area (Å²) in [5, 5.41) is 12.1. The van der Waals surface area contributed by atoms with Crippen LogP contribution in [0.4, 0.5) is 10.2 Å². The second-order valence-corrected chi connectivity index (χ2v) is 7.37. The molecule has 4 aromatic rings. The van der Waals surface area contributed by atoms with Gasteiger partial charge in [-0.25, -0.2) is 14.4 Å². The zero-order valence-electron chi connectivity index (χ0n) is 15.3. The Kier molecular flexibility index (Phi) is 4.14. The van der Waals surface area contributed by atoms with E-state index in [1.54, 1.807) is 12.3 Å². The normalized spacial score (nSPS) is 14.9. The molecule has 2 N–H and O–H groups in total.